The minimum atomic E-state index is -1.92. The van der Waals surface area contributed by atoms with E-state index in [2.05, 4.69) is 0 Å². The Morgan fingerprint density at radius 3 is 1.96 bits per heavy atom. The fourth-order valence-corrected chi connectivity index (χ4v) is 8.80. The number of ketones is 2. The predicted octanol–water partition coefficient (Wildman–Crippen LogP) is 0.925. The number of aromatic hydroxyl groups is 2. The van der Waals surface area contributed by atoms with Gasteiger partial charge >= 0.3 is 5.97 Å². The fourth-order valence-electron chi connectivity index (χ4n) is 8.80. The number of benzene rings is 2. The Kier molecular flexibility index (Phi) is 25.9. The monoisotopic (exact) mass is 1120 g/mol. The van der Waals surface area contributed by atoms with Crippen LogP contribution in [0.25, 0.3) is 10.8 Å². The van der Waals surface area contributed by atoms with Crippen LogP contribution >= 0.6 is 0 Å². The number of carbonyl (C=O) groups is 3. The molecule has 1 heterocycles. The van der Waals surface area contributed by atoms with Crippen LogP contribution in [-0.2, 0) is 68.1 Å². The maximum absolute atomic E-state index is 14.6. The molecular weight excluding hydrogens is 1040 g/mol. The highest BCUT2D eigenvalue weighted by Crippen LogP contribution is 2.46. The van der Waals surface area contributed by atoms with E-state index in [-0.39, 0.29) is 85.9 Å². The number of phenols is 2. The molecule has 1 fully saturated rings. The second-order valence-electron chi connectivity index (χ2n) is 20.5. The van der Waals surface area contributed by atoms with E-state index >= 15 is 0 Å². The Morgan fingerprint density at radius 1 is 0.821 bits per heavy atom. The number of esters is 1. The summed E-state index contributed by atoms with van der Waals surface area (Å²) in [5.74, 6) is -4.44. The van der Waals surface area contributed by atoms with Gasteiger partial charge in [-0.2, -0.15) is 0 Å². The lowest BCUT2D eigenvalue weighted by Crippen LogP contribution is -2.52. The Balaban J connectivity index is 1.41. The first-order chi connectivity index (χ1) is 36.5. The smallest absolute Gasteiger partial charge is 0.305 e. The normalized spacial score (nSPS) is 24.7. The van der Waals surface area contributed by atoms with E-state index in [1.165, 1.54) is 60.8 Å². The Morgan fingerprint density at radius 2 is 1.40 bits per heavy atom. The Labute approximate surface area is 454 Å². The Bertz CT molecular complexity index is 2210. The van der Waals surface area contributed by atoms with Crippen LogP contribution in [0.2, 0.25) is 0 Å². The number of phenolic OH excluding ortho intramolecular Hbond substituents is 2. The van der Waals surface area contributed by atoms with E-state index in [9.17, 15) is 65.4 Å². The van der Waals surface area contributed by atoms with E-state index in [0.29, 0.717) is 0 Å². The number of Topliss-reactive ketones (excluding diaryl/α,β-unsaturated/α-hetero) is 2. The van der Waals surface area contributed by atoms with Gasteiger partial charge in [-0.05, 0) is 98.7 Å². The quantitative estimate of drug-likeness (QED) is 0.0270. The van der Waals surface area contributed by atoms with Gasteiger partial charge in [-0.1, -0.05) is 6.92 Å². The summed E-state index contributed by atoms with van der Waals surface area (Å²) in [6, 6.07) is 3.00. The van der Waals surface area contributed by atoms with Gasteiger partial charge in [0, 0.05) is 31.4 Å². The zero-order valence-electron chi connectivity index (χ0n) is 46.5. The molecule has 0 saturated carbocycles. The number of carbonyl (C=O) groups excluding carboxylic acids is 3. The van der Waals surface area contributed by atoms with Gasteiger partial charge in [-0.25, -0.2) is 0 Å². The van der Waals surface area contributed by atoms with Crippen molar-refractivity contribution in [1.29, 1.82) is 0 Å². The molecule has 0 bridgehead atoms. The number of aliphatic hydroxyl groups excluding tert-OH is 7. The zero-order valence-corrected chi connectivity index (χ0v) is 46.5. The Hall–Kier alpha value is -3.81. The third-order valence-corrected chi connectivity index (χ3v) is 13.8. The van der Waals surface area contributed by atoms with Crippen molar-refractivity contribution in [2.75, 3.05) is 47.3 Å². The molecule has 78 heavy (non-hydrogen) atoms. The van der Waals surface area contributed by atoms with Gasteiger partial charge in [-0.3, -0.25) is 14.4 Å². The summed E-state index contributed by atoms with van der Waals surface area (Å²) in [5.41, 5.74) is -1.29. The van der Waals surface area contributed by atoms with Gasteiger partial charge in [-0.15, -0.1) is 0 Å². The number of hydrogen-bond acceptors (Lipinski definition) is 25. The summed E-state index contributed by atoms with van der Waals surface area (Å²) in [4.78, 5) is 40.1. The summed E-state index contributed by atoms with van der Waals surface area (Å²) in [5, 5.41) is 107. The predicted molar refractivity (Wildman–Crippen MR) is 272 cm³/mol. The number of hydrogen-bond donors (Lipinski definition) is 10. The fraction of sp³-hybridized carbons (Fsp3) is 0.755. The molecule has 0 radical (unpaired) electrons. The van der Waals surface area contributed by atoms with Crippen molar-refractivity contribution in [1.82, 2.24) is 0 Å². The summed E-state index contributed by atoms with van der Waals surface area (Å²) >= 11 is 0. The zero-order chi connectivity index (χ0) is 58.5. The van der Waals surface area contributed by atoms with Crippen LogP contribution in [0.15, 0.2) is 12.1 Å². The molecule has 10 N–H and O–H groups in total. The van der Waals surface area contributed by atoms with Gasteiger partial charge in [0.1, 0.15) is 73.6 Å². The molecule has 0 aromatic heterocycles. The van der Waals surface area contributed by atoms with Gasteiger partial charge in [0.25, 0.3) is 0 Å². The van der Waals surface area contributed by atoms with Crippen LogP contribution in [0.1, 0.15) is 104 Å². The molecule has 2 aliphatic rings. The first kappa shape index (κ1) is 66.7. The number of methoxy groups -OCH3 is 1. The summed E-state index contributed by atoms with van der Waals surface area (Å²) in [6.07, 6.45) is -19.6. The van der Waals surface area contributed by atoms with Crippen LogP contribution in [-0.4, -0.2) is 226 Å². The van der Waals surface area contributed by atoms with Crippen molar-refractivity contribution in [3.05, 3.63) is 28.8 Å². The molecule has 0 amide bonds. The molecule has 25 heteroatoms. The molecule has 7 unspecified atom stereocenters. The van der Waals surface area contributed by atoms with E-state index in [0.717, 1.165) is 0 Å². The molecule has 2 aromatic carbocycles. The highest BCUT2D eigenvalue weighted by molar-refractivity contribution is 6.11. The van der Waals surface area contributed by atoms with Gasteiger partial charge < -0.3 is 108 Å². The summed E-state index contributed by atoms with van der Waals surface area (Å²) in [7, 11) is 1.18. The topological polar surface area (TPSA) is 364 Å². The van der Waals surface area contributed by atoms with Crippen molar-refractivity contribution in [2.24, 2.45) is 5.92 Å². The maximum atomic E-state index is 14.6. The van der Waals surface area contributed by atoms with Crippen LogP contribution in [0, 0.1) is 12.8 Å². The molecule has 2 aromatic rings. The number of rotatable bonds is 33. The second kappa shape index (κ2) is 30.3. The second-order valence-corrected chi connectivity index (χ2v) is 20.5. The van der Waals surface area contributed by atoms with E-state index in [1.54, 1.807) is 34.6 Å². The minimum absolute atomic E-state index is 0.00989. The van der Waals surface area contributed by atoms with Gasteiger partial charge in [0.15, 0.2) is 37.0 Å². The lowest BCUT2D eigenvalue weighted by molar-refractivity contribution is -0.259. The first-order valence-corrected chi connectivity index (χ1v) is 26.0. The molecule has 1 aliphatic carbocycles. The molecular formula is C53H84O25. The molecule has 1 aliphatic heterocycles. The van der Waals surface area contributed by atoms with Crippen LogP contribution in [0.5, 0.6) is 17.2 Å². The third kappa shape index (κ3) is 17.8. The first-order valence-electron chi connectivity index (χ1n) is 26.0. The average molecular weight is 1120 g/mol. The average Bonchev–Trinajstić information content (AvgIpc) is 3.43. The van der Waals surface area contributed by atoms with Crippen molar-refractivity contribution < 1.29 is 122 Å². The highest BCUT2D eigenvalue weighted by atomic mass is 16.7. The van der Waals surface area contributed by atoms with Gasteiger partial charge in [0.2, 0.25) is 0 Å². The number of aliphatic hydroxyl groups is 8. The molecule has 1 saturated heterocycles. The maximum Gasteiger partial charge on any atom is 0.305 e. The standard InChI is InChI=1S/C53H84O25/c1-13-40(59)78-49-29(7)76-41(17-35(49)55)70-20-38(58)27(5)73-23-74-39-16-33-14-32-15-34(50(67-12)48(64)45(61)25(3)54)51(47(63)43(32)46(62)42(33)44(60)24(39)2)77-31(9)75-28(6)37(57)19-69-21-71-26(4)36(56)18-68-22-72-30(8)52(65)53(10,11)66/h14,16,25-31,34-38,41,45,49-52,54-58,60-62,65-66H,13,15,17-23H2,1-12H3/t25-,26?,27?,28?,29?,30?,31?,34+,35?,36-,37+,38+,41-,45+,49-,50+,51+,52-/m1/s1. The van der Waals surface area contributed by atoms with Crippen LogP contribution in [0.4, 0.5) is 0 Å². The molecule has 25 nitrogen and oxygen atoms in total. The molecule has 0 spiro atoms. The molecule has 446 valence electrons. The third-order valence-electron chi connectivity index (χ3n) is 13.8. The summed E-state index contributed by atoms with van der Waals surface area (Å²) in [6.45, 7) is 14.6. The molecule has 4 rings (SSSR count). The van der Waals surface area contributed by atoms with Crippen LogP contribution < -0.4 is 4.74 Å². The number of ether oxygens (including phenoxy) is 12. The highest BCUT2D eigenvalue weighted by Gasteiger charge is 2.48. The van der Waals surface area contributed by atoms with Crippen molar-refractivity contribution in [2.45, 2.75) is 205 Å². The van der Waals surface area contributed by atoms with Crippen LogP contribution in [0.3, 0.4) is 0 Å². The lowest BCUT2D eigenvalue weighted by Gasteiger charge is -2.38. The van der Waals surface area contributed by atoms with E-state index in [4.69, 9.17) is 56.8 Å². The number of fused-ring (bicyclic) bond motifs is 2. The SMILES string of the molecule is CCC(=O)O[C@H]1C(O)C[C@H](OC[C@H](O)C(C)OCOc2cc3cc4c(c(O)c3c(O)c2C)C(=O)[C@@H](OC(C)OC(C)[C@@H](O)COCOC(C)[C@H](O)COCOC(C)[C@@H](O)C(C)(C)O)[C@H]([C@H](OC)C(=O)[C@@H](O)[C@@H](C)O)C4)OC1C. The van der Waals surface area contributed by atoms with Crippen molar-refractivity contribution in [3.8, 4) is 17.2 Å². The van der Waals surface area contributed by atoms with E-state index < -0.39 is 151 Å². The largest absolute Gasteiger partial charge is 0.507 e. The summed E-state index contributed by atoms with van der Waals surface area (Å²) < 4.78 is 67.6. The van der Waals surface area contributed by atoms with Crippen molar-refractivity contribution >= 4 is 28.3 Å². The van der Waals surface area contributed by atoms with Gasteiger partial charge in [0.05, 0.1) is 79.1 Å². The lowest BCUT2D eigenvalue weighted by atomic mass is 9.75. The minimum Gasteiger partial charge on any atom is -0.507 e. The van der Waals surface area contributed by atoms with E-state index in [1.807, 2.05) is 0 Å². The van der Waals surface area contributed by atoms with Crippen molar-refractivity contribution in [3.63, 3.8) is 0 Å². The molecule has 18 atom stereocenters.